The quantitative estimate of drug-likeness (QED) is 0.842. The number of rotatable bonds is 1. The fraction of sp³-hybridized carbons (Fsp3) is 0.214. The monoisotopic (exact) mass is 313 g/mol. The molecule has 1 aromatic heterocycles. The summed E-state index contributed by atoms with van der Waals surface area (Å²) in [4.78, 5) is 0. The highest BCUT2D eigenvalue weighted by Crippen LogP contribution is 2.35. The maximum absolute atomic E-state index is 12.9. The third-order valence-electron chi connectivity index (χ3n) is 3.28. The summed E-state index contributed by atoms with van der Waals surface area (Å²) in [6.07, 6.45) is -2.62. The standard InChI is InChI=1S/C14H11ClF3N3/c15-10-3-1-8(2-4-10)5-9-6-19-7-11-12(9)20-21-13(11)14(16,17)18/h1-5,19H,6-7H2,(H,20,21). The fourth-order valence-corrected chi connectivity index (χ4v) is 2.45. The van der Waals surface area contributed by atoms with Gasteiger partial charge < -0.3 is 5.32 Å². The van der Waals surface area contributed by atoms with Gasteiger partial charge in [-0.15, -0.1) is 0 Å². The van der Waals surface area contributed by atoms with Crippen molar-refractivity contribution in [3.05, 3.63) is 51.8 Å². The number of benzene rings is 1. The number of aromatic amines is 1. The zero-order valence-corrected chi connectivity index (χ0v) is 11.5. The van der Waals surface area contributed by atoms with E-state index in [9.17, 15) is 13.2 Å². The number of halogens is 4. The minimum Gasteiger partial charge on any atom is -0.308 e. The molecule has 21 heavy (non-hydrogen) atoms. The Hall–Kier alpha value is -1.79. The highest BCUT2D eigenvalue weighted by Gasteiger charge is 2.38. The molecular weight excluding hydrogens is 303 g/mol. The van der Waals surface area contributed by atoms with E-state index in [1.807, 2.05) is 6.08 Å². The summed E-state index contributed by atoms with van der Waals surface area (Å²) in [7, 11) is 0. The molecule has 0 saturated carbocycles. The molecule has 0 radical (unpaired) electrons. The van der Waals surface area contributed by atoms with Crippen LogP contribution in [0.4, 0.5) is 13.2 Å². The minimum atomic E-state index is -4.43. The molecule has 0 atom stereocenters. The van der Waals surface area contributed by atoms with E-state index in [4.69, 9.17) is 11.6 Å². The van der Waals surface area contributed by atoms with Crippen molar-refractivity contribution < 1.29 is 13.2 Å². The van der Waals surface area contributed by atoms with Gasteiger partial charge in [-0.25, -0.2) is 0 Å². The van der Waals surface area contributed by atoms with Crippen LogP contribution in [0, 0.1) is 0 Å². The normalized spacial score (nSPS) is 17.0. The highest BCUT2D eigenvalue weighted by atomic mass is 35.5. The lowest BCUT2D eigenvalue weighted by molar-refractivity contribution is -0.141. The highest BCUT2D eigenvalue weighted by molar-refractivity contribution is 6.30. The second-order valence-electron chi connectivity index (χ2n) is 4.75. The Bertz CT molecular complexity index is 686. The van der Waals surface area contributed by atoms with Crippen LogP contribution in [0.1, 0.15) is 22.5 Å². The molecule has 0 saturated heterocycles. The van der Waals surface area contributed by atoms with Crippen LogP contribution in [0.2, 0.25) is 5.02 Å². The lowest BCUT2D eigenvalue weighted by Gasteiger charge is -2.17. The van der Waals surface area contributed by atoms with Crippen LogP contribution in [0.25, 0.3) is 11.6 Å². The van der Waals surface area contributed by atoms with Crippen LogP contribution in [0.3, 0.4) is 0 Å². The molecule has 0 unspecified atom stereocenters. The average molecular weight is 314 g/mol. The molecule has 2 N–H and O–H groups in total. The van der Waals surface area contributed by atoms with E-state index in [-0.39, 0.29) is 12.1 Å². The molecule has 1 aromatic carbocycles. The zero-order chi connectivity index (χ0) is 15.0. The Labute approximate surface area is 123 Å². The van der Waals surface area contributed by atoms with Crippen LogP contribution >= 0.6 is 11.6 Å². The maximum Gasteiger partial charge on any atom is 0.433 e. The second-order valence-corrected chi connectivity index (χ2v) is 5.18. The average Bonchev–Trinajstić information content (AvgIpc) is 2.86. The van der Waals surface area contributed by atoms with Gasteiger partial charge in [-0.2, -0.15) is 18.3 Å². The molecule has 0 spiro atoms. The summed E-state index contributed by atoms with van der Waals surface area (Å²) in [6.45, 7) is 0.621. The van der Waals surface area contributed by atoms with Gasteiger partial charge in [-0.05, 0) is 29.3 Å². The van der Waals surface area contributed by atoms with Gasteiger partial charge in [0, 0.05) is 23.7 Å². The van der Waals surface area contributed by atoms with E-state index in [0.717, 1.165) is 5.56 Å². The van der Waals surface area contributed by atoms with Gasteiger partial charge in [-0.1, -0.05) is 23.7 Å². The SMILES string of the molecule is FC(F)(F)c1[nH]nc2c1CNCC2=Cc1ccc(Cl)cc1. The number of hydrogen-bond donors (Lipinski definition) is 2. The maximum atomic E-state index is 12.9. The minimum absolute atomic E-state index is 0.151. The Morgan fingerprint density at radius 2 is 1.86 bits per heavy atom. The van der Waals surface area contributed by atoms with E-state index in [1.54, 1.807) is 24.3 Å². The fourth-order valence-electron chi connectivity index (χ4n) is 2.32. The van der Waals surface area contributed by atoms with Crippen molar-refractivity contribution in [2.24, 2.45) is 0 Å². The molecule has 7 heteroatoms. The van der Waals surface area contributed by atoms with Crippen LogP contribution in [-0.4, -0.2) is 16.7 Å². The lowest BCUT2D eigenvalue weighted by Crippen LogP contribution is -2.24. The third kappa shape index (κ3) is 2.82. The van der Waals surface area contributed by atoms with Crippen molar-refractivity contribution in [1.82, 2.24) is 15.5 Å². The molecule has 3 nitrogen and oxygen atoms in total. The van der Waals surface area contributed by atoms with Gasteiger partial charge in [0.1, 0.15) is 5.69 Å². The molecule has 2 heterocycles. The lowest BCUT2D eigenvalue weighted by atomic mass is 9.99. The first kappa shape index (κ1) is 14.2. The Balaban J connectivity index is 2.01. The molecule has 0 aliphatic carbocycles. The molecule has 2 aromatic rings. The number of nitrogens with zero attached hydrogens (tertiary/aromatic N) is 1. The number of fused-ring (bicyclic) bond motifs is 1. The van der Waals surface area contributed by atoms with E-state index < -0.39 is 11.9 Å². The summed E-state index contributed by atoms with van der Waals surface area (Å²) in [5, 5.41) is 9.52. The first-order chi connectivity index (χ1) is 9.95. The van der Waals surface area contributed by atoms with Crippen molar-refractivity contribution in [2.45, 2.75) is 12.7 Å². The number of nitrogens with one attached hydrogen (secondary N) is 2. The van der Waals surface area contributed by atoms with E-state index in [1.165, 1.54) is 0 Å². The zero-order valence-electron chi connectivity index (χ0n) is 10.8. The van der Waals surface area contributed by atoms with E-state index >= 15 is 0 Å². The van der Waals surface area contributed by atoms with Crippen molar-refractivity contribution in [3.63, 3.8) is 0 Å². The first-order valence-electron chi connectivity index (χ1n) is 6.27. The molecule has 0 amide bonds. The molecule has 1 aliphatic heterocycles. The van der Waals surface area contributed by atoms with Gasteiger partial charge in [0.15, 0.2) is 0 Å². The number of alkyl halides is 3. The van der Waals surface area contributed by atoms with E-state index in [0.29, 0.717) is 22.8 Å². The Morgan fingerprint density at radius 1 is 1.14 bits per heavy atom. The number of hydrogen-bond acceptors (Lipinski definition) is 2. The van der Waals surface area contributed by atoms with Crippen LogP contribution in [-0.2, 0) is 12.7 Å². The molecule has 110 valence electrons. The number of H-pyrrole nitrogens is 1. The first-order valence-corrected chi connectivity index (χ1v) is 6.64. The van der Waals surface area contributed by atoms with Gasteiger partial charge in [0.25, 0.3) is 0 Å². The molecule has 3 rings (SSSR count). The van der Waals surface area contributed by atoms with Gasteiger partial charge in [-0.3, -0.25) is 5.10 Å². The molecule has 0 fully saturated rings. The van der Waals surface area contributed by atoms with Crippen LogP contribution < -0.4 is 5.32 Å². The van der Waals surface area contributed by atoms with Crippen molar-refractivity contribution in [3.8, 4) is 0 Å². The predicted molar refractivity (Wildman–Crippen MR) is 74.6 cm³/mol. The summed E-state index contributed by atoms with van der Waals surface area (Å²) >= 11 is 5.81. The summed E-state index contributed by atoms with van der Waals surface area (Å²) < 4.78 is 38.6. The van der Waals surface area contributed by atoms with Crippen molar-refractivity contribution in [2.75, 3.05) is 6.54 Å². The van der Waals surface area contributed by atoms with Crippen LogP contribution in [0.5, 0.6) is 0 Å². The van der Waals surface area contributed by atoms with E-state index in [2.05, 4.69) is 15.5 Å². The van der Waals surface area contributed by atoms with Crippen molar-refractivity contribution >= 4 is 23.3 Å². The topological polar surface area (TPSA) is 40.7 Å². The van der Waals surface area contributed by atoms with Gasteiger partial charge in [0.05, 0.1) is 5.69 Å². The predicted octanol–water partition coefficient (Wildman–Crippen LogP) is 3.73. The second kappa shape index (κ2) is 5.20. The molecular formula is C14H11ClF3N3. The molecule has 0 bridgehead atoms. The Kier molecular flexibility index (Phi) is 3.51. The molecule has 1 aliphatic rings. The Morgan fingerprint density at radius 3 is 2.52 bits per heavy atom. The summed E-state index contributed by atoms with van der Waals surface area (Å²) in [6, 6.07) is 7.08. The van der Waals surface area contributed by atoms with Gasteiger partial charge in [0.2, 0.25) is 0 Å². The third-order valence-corrected chi connectivity index (χ3v) is 3.53. The summed E-state index contributed by atoms with van der Waals surface area (Å²) in [5.74, 6) is 0. The smallest absolute Gasteiger partial charge is 0.308 e. The summed E-state index contributed by atoms with van der Waals surface area (Å²) in [5.41, 5.74) is 1.32. The van der Waals surface area contributed by atoms with Gasteiger partial charge >= 0.3 is 6.18 Å². The number of aromatic nitrogens is 2. The van der Waals surface area contributed by atoms with Crippen molar-refractivity contribution in [1.29, 1.82) is 0 Å². The largest absolute Gasteiger partial charge is 0.433 e. The van der Waals surface area contributed by atoms with Crippen LogP contribution in [0.15, 0.2) is 24.3 Å².